The van der Waals surface area contributed by atoms with E-state index in [1.165, 1.54) is 26.0 Å². The van der Waals surface area contributed by atoms with Crippen LogP contribution in [-0.4, -0.2) is 121 Å². The fourth-order valence-corrected chi connectivity index (χ4v) is 4.91. The van der Waals surface area contributed by atoms with Crippen LogP contribution >= 0.6 is 0 Å². The van der Waals surface area contributed by atoms with Gasteiger partial charge in [0.1, 0.15) is 29.4 Å². The zero-order valence-corrected chi connectivity index (χ0v) is 30.0. The van der Waals surface area contributed by atoms with Gasteiger partial charge in [-0.3, -0.25) is 33.7 Å². The number of hydrogen-bond donors (Lipinski definition) is 9. The summed E-state index contributed by atoms with van der Waals surface area (Å²) in [6.07, 6.45) is -0.610. The number of nitrogens with zero attached hydrogens (tertiary/aromatic N) is 3. The lowest BCUT2D eigenvalue weighted by molar-refractivity contribution is -0.539. The molecule has 11 N–H and O–H groups in total. The normalized spacial score (nSPS) is 16.3. The first-order valence-electron chi connectivity index (χ1n) is 16.3. The molecule has 20 nitrogen and oxygen atoms in total. The Kier molecular flexibility index (Phi) is 14.7. The average Bonchev–Trinajstić information content (AvgIpc) is 3.17. The summed E-state index contributed by atoms with van der Waals surface area (Å²) in [5.41, 5.74) is 9.26. The van der Waals surface area contributed by atoms with Gasteiger partial charge in [0.15, 0.2) is 18.1 Å². The first-order chi connectivity index (χ1) is 24.1. The van der Waals surface area contributed by atoms with Crippen LogP contribution in [0.1, 0.15) is 66.4 Å². The number of carboxylic acids is 2. The molecule has 0 fully saturated rings. The van der Waals surface area contributed by atoms with E-state index in [0.29, 0.717) is 5.56 Å². The second kappa shape index (κ2) is 18.0. The number of carboxylic acid groups (broad SMARTS) is 2. The summed E-state index contributed by atoms with van der Waals surface area (Å²) in [5.74, 6) is -6.78. The molecule has 0 aromatic heterocycles. The molecule has 288 valence electrons. The average molecular weight is 736 g/mol. The van der Waals surface area contributed by atoms with E-state index in [2.05, 4.69) is 26.3 Å². The van der Waals surface area contributed by atoms with Crippen LogP contribution in [0.4, 0.5) is 0 Å². The summed E-state index contributed by atoms with van der Waals surface area (Å²) in [4.78, 5) is 77.8. The maximum absolute atomic E-state index is 13.1. The molecule has 20 heteroatoms. The maximum atomic E-state index is 13.1. The highest BCUT2D eigenvalue weighted by atomic mass is 16.5. The van der Waals surface area contributed by atoms with Gasteiger partial charge in [0.05, 0.1) is 18.5 Å². The van der Waals surface area contributed by atoms with E-state index in [1.807, 2.05) is 0 Å². The maximum Gasteiger partial charge on any atom is 0.326 e. The standard InChI is InChI=1S/C32H49N9O11/c1-17(2)25(29(48)49)39-27(47)21(14-24(44)45)38-22(42)15-36-26(46)20(8-7-13-35-30(33)34)37-23(43)16-52-19-11-9-18(10-12-19)28-40(50)31(3,4)32(5,6)41(28)51/h9-12,17,20-21,25,50H,7-8,13-16H2,1-6H3,(H,36,46)(H,37,43)(H,38,42)(H,39,47)(H,44,45)(H,48,49)(H4,33,34,35)/t20-,21-,25-/m0/s1. The molecule has 0 aliphatic carbocycles. The third-order valence-electron chi connectivity index (χ3n) is 8.69. The predicted molar refractivity (Wildman–Crippen MR) is 185 cm³/mol. The minimum absolute atomic E-state index is 0.0230. The smallest absolute Gasteiger partial charge is 0.326 e. The summed E-state index contributed by atoms with van der Waals surface area (Å²) in [6, 6.07) is 1.87. The number of nitrogens with two attached hydrogens (primary N) is 2. The number of guanidine groups is 1. The van der Waals surface area contributed by atoms with Gasteiger partial charge in [0.25, 0.3) is 5.91 Å². The van der Waals surface area contributed by atoms with Gasteiger partial charge in [0, 0.05) is 6.54 Å². The van der Waals surface area contributed by atoms with Gasteiger partial charge in [-0.25, -0.2) is 10.0 Å². The van der Waals surface area contributed by atoms with Gasteiger partial charge in [-0.1, -0.05) is 13.8 Å². The number of carbonyl (C=O) groups is 6. The molecule has 4 amide bonds. The number of aliphatic imine (C=N–C) groups is 1. The summed E-state index contributed by atoms with van der Waals surface area (Å²) in [7, 11) is 0. The van der Waals surface area contributed by atoms with E-state index in [0.717, 1.165) is 9.80 Å². The highest BCUT2D eigenvalue weighted by Gasteiger charge is 2.58. The van der Waals surface area contributed by atoms with Crippen molar-refractivity contribution < 1.29 is 53.7 Å². The SMILES string of the molecule is CC(C)[C@H](NC(=O)[C@H](CC(=O)O)NC(=O)CNC(=O)[C@H](CCCN=C(N)N)NC(=O)COc1ccc(C2=[N+]([O-])C(C)(C)C(C)(C)N2O)cc1)C(=O)O. The quantitative estimate of drug-likeness (QED) is 0.0255. The van der Waals surface area contributed by atoms with Crippen molar-refractivity contribution in [3.63, 3.8) is 0 Å². The number of aliphatic carboxylic acids is 2. The lowest BCUT2D eigenvalue weighted by Gasteiger charge is -2.33. The topological polar surface area (TPSA) is 314 Å². The third-order valence-corrected chi connectivity index (χ3v) is 8.69. The lowest BCUT2D eigenvalue weighted by Crippen LogP contribution is -2.55. The van der Waals surface area contributed by atoms with Crippen LogP contribution in [0.3, 0.4) is 0 Å². The fourth-order valence-electron chi connectivity index (χ4n) is 4.91. The number of amides is 4. The zero-order valence-electron chi connectivity index (χ0n) is 30.0. The van der Waals surface area contributed by atoms with Crippen LogP contribution < -0.4 is 37.5 Å². The highest BCUT2D eigenvalue weighted by Crippen LogP contribution is 2.37. The second-order valence-electron chi connectivity index (χ2n) is 13.4. The molecule has 1 aliphatic heterocycles. The molecule has 0 radical (unpaired) electrons. The number of benzene rings is 1. The Hall–Kier alpha value is -5.66. The zero-order chi connectivity index (χ0) is 39.6. The minimum Gasteiger partial charge on any atom is -0.714 e. The molecule has 1 heterocycles. The van der Waals surface area contributed by atoms with Crippen LogP contribution in [0.5, 0.6) is 5.75 Å². The van der Waals surface area contributed by atoms with Crippen LogP contribution in [0.2, 0.25) is 0 Å². The van der Waals surface area contributed by atoms with Crippen molar-refractivity contribution in [1.29, 1.82) is 0 Å². The van der Waals surface area contributed by atoms with Crippen molar-refractivity contribution in [2.24, 2.45) is 22.4 Å². The number of carbonyl (C=O) groups excluding carboxylic acids is 4. The van der Waals surface area contributed by atoms with Gasteiger partial charge < -0.3 is 52.9 Å². The molecule has 0 spiro atoms. The number of amidine groups is 1. The molecule has 0 saturated heterocycles. The number of hydrogen-bond acceptors (Lipinski definition) is 11. The van der Waals surface area contributed by atoms with Gasteiger partial charge in [0.2, 0.25) is 17.7 Å². The number of rotatable bonds is 19. The Morgan fingerprint density at radius 3 is 2.04 bits per heavy atom. The summed E-state index contributed by atoms with van der Waals surface area (Å²) in [6.45, 7) is 8.80. The van der Waals surface area contributed by atoms with Crippen molar-refractivity contribution in [2.45, 2.75) is 90.0 Å². The molecule has 0 bridgehead atoms. The lowest BCUT2D eigenvalue weighted by atomic mass is 9.84. The Morgan fingerprint density at radius 1 is 0.942 bits per heavy atom. The van der Waals surface area contributed by atoms with Gasteiger partial charge in [-0.15, -0.1) is 5.06 Å². The van der Waals surface area contributed by atoms with Crippen LogP contribution in [0, 0.1) is 11.1 Å². The van der Waals surface area contributed by atoms with Crippen LogP contribution in [0.15, 0.2) is 29.3 Å². The largest absolute Gasteiger partial charge is 0.714 e. The monoisotopic (exact) mass is 735 g/mol. The van der Waals surface area contributed by atoms with Crippen molar-refractivity contribution >= 4 is 47.4 Å². The summed E-state index contributed by atoms with van der Waals surface area (Å²) in [5, 5.41) is 52.4. The van der Waals surface area contributed by atoms with Gasteiger partial charge >= 0.3 is 17.8 Å². The van der Waals surface area contributed by atoms with E-state index < -0.39 is 90.3 Å². The molecule has 0 saturated carbocycles. The molecule has 0 unspecified atom stereocenters. The Balaban J connectivity index is 2.06. The first-order valence-corrected chi connectivity index (χ1v) is 16.3. The fraction of sp³-hybridized carbons (Fsp3) is 0.562. The van der Waals surface area contributed by atoms with Crippen molar-refractivity contribution in [3.05, 3.63) is 35.0 Å². The summed E-state index contributed by atoms with van der Waals surface area (Å²) < 4.78 is 6.28. The predicted octanol–water partition coefficient (Wildman–Crippen LogP) is -1.58. The number of hydroxylamine groups is 3. The number of ether oxygens (including phenoxy) is 1. The molecule has 52 heavy (non-hydrogen) atoms. The van der Waals surface area contributed by atoms with Crippen LogP contribution in [0.25, 0.3) is 0 Å². The minimum atomic E-state index is -1.65. The molecule has 3 atom stereocenters. The van der Waals surface area contributed by atoms with Crippen molar-refractivity contribution in [3.8, 4) is 5.75 Å². The molecular weight excluding hydrogens is 686 g/mol. The number of nitrogens with one attached hydrogen (secondary N) is 4. The Bertz CT molecular complexity index is 1550. The Labute approximate surface area is 300 Å². The molecule has 1 aromatic rings. The van der Waals surface area contributed by atoms with Crippen molar-refractivity contribution in [1.82, 2.24) is 26.3 Å². The highest BCUT2D eigenvalue weighted by molar-refractivity contribution is 5.96. The molecule has 2 rings (SSSR count). The second-order valence-corrected chi connectivity index (χ2v) is 13.4. The van der Waals surface area contributed by atoms with E-state index in [4.69, 9.17) is 16.2 Å². The molecule has 1 aliphatic rings. The van der Waals surface area contributed by atoms with Crippen molar-refractivity contribution in [2.75, 3.05) is 19.7 Å². The van der Waals surface area contributed by atoms with Gasteiger partial charge in [-0.2, -0.15) is 0 Å². The Morgan fingerprint density at radius 2 is 1.54 bits per heavy atom. The van der Waals surface area contributed by atoms with E-state index in [1.54, 1.807) is 39.8 Å². The molecule has 1 aromatic carbocycles. The van der Waals surface area contributed by atoms with E-state index >= 15 is 0 Å². The molecular formula is C32H49N9O11. The summed E-state index contributed by atoms with van der Waals surface area (Å²) >= 11 is 0. The van der Waals surface area contributed by atoms with Gasteiger partial charge in [-0.05, 0) is 70.7 Å². The first kappa shape index (κ1) is 42.5. The van der Waals surface area contributed by atoms with Crippen LogP contribution in [-0.2, 0) is 28.8 Å². The van der Waals surface area contributed by atoms with E-state index in [-0.39, 0.29) is 36.9 Å². The van der Waals surface area contributed by atoms with E-state index in [9.17, 15) is 49.4 Å². The third kappa shape index (κ3) is 11.2.